The van der Waals surface area contributed by atoms with E-state index in [0.717, 1.165) is 12.8 Å². The molecule has 2 aromatic rings. The van der Waals surface area contributed by atoms with Gasteiger partial charge in [0, 0.05) is 11.6 Å². The molecule has 38 heavy (non-hydrogen) atoms. The molecule has 2 aliphatic heterocycles. The summed E-state index contributed by atoms with van der Waals surface area (Å²) < 4.78 is 53.1. The van der Waals surface area contributed by atoms with Crippen LogP contribution in [-0.2, 0) is 19.1 Å². The van der Waals surface area contributed by atoms with Crippen LogP contribution in [0.2, 0.25) is 0 Å². The molecule has 4 unspecified atom stereocenters. The molecular formula is C29H29F3N2O4. The lowest BCUT2D eigenvalue weighted by molar-refractivity contribution is -0.150. The standard InChI is InChI=1S/C29H29F3N2O4/c1-16(19-12-13-21(22(30)14-19)18-7-3-2-4-8-18)29(36)38-28-24-20(9-5-6-17-10-11-17)15-23(35)37-27(24)33-26(34-28)25(31)32/h2-4,7-8,12-17,24-27,33H,5-6,9-11H2,1H3. The highest BCUT2D eigenvalue weighted by molar-refractivity contribution is 5.97. The number of nitrogens with one attached hydrogen (secondary N) is 1. The third-order valence-electron chi connectivity index (χ3n) is 7.27. The van der Waals surface area contributed by atoms with Crippen molar-refractivity contribution in [1.29, 1.82) is 0 Å². The van der Waals surface area contributed by atoms with Gasteiger partial charge in [0.1, 0.15) is 11.7 Å². The smallest absolute Gasteiger partial charge is 0.332 e. The molecule has 0 aromatic heterocycles. The first-order chi connectivity index (χ1) is 18.3. The third-order valence-corrected chi connectivity index (χ3v) is 7.27. The molecule has 9 heteroatoms. The molecule has 2 aromatic carbocycles. The molecule has 6 nitrogen and oxygen atoms in total. The zero-order valence-corrected chi connectivity index (χ0v) is 20.9. The molecule has 3 aliphatic rings. The van der Waals surface area contributed by atoms with Gasteiger partial charge in [0.25, 0.3) is 6.43 Å². The van der Waals surface area contributed by atoms with Gasteiger partial charge < -0.3 is 9.47 Å². The van der Waals surface area contributed by atoms with Gasteiger partial charge in [-0.1, -0.05) is 61.7 Å². The summed E-state index contributed by atoms with van der Waals surface area (Å²) in [5.74, 6) is -3.12. The Labute approximate surface area is 218 Å². The topological polar surface area (TPSA) is 77.0 Å². The number of esters is 2. The van der Waals surface area contributed by atoms with Crippen molar-refractivity contribution >= 4 is 17.8 Å². The number of alkyl halides is 2. The molecule has 1 N–H and O–H groups in total. The second kappa shape index (κ2) is 11.1. The van der Waals surface area contributed by atoms with Crippen LogP contribution in [0.25, 0.3) is 11.1 Å². The molecule has 0 bridgehead atoms. The number of benzene rings is 2. The summed E-state index contributed by atoms with van der Waals surface area (Å²) in [4.78, 5) is 29.3. The number of nitrogens with zero attached hydrogens (tertiary/aromatic N) is 1. The van der Waals surface area contributed by atoms with Crippen LogP contribution in [0.5, 0.6) is 0 Å². The van der Waals surface area contributed by atoms with Crippen LogP contribution in [0.4, 0.5) is 13.2 Å². The Balaban J connectivity index is 1.36. The molecule has 4 atom stereocenters. The number of carbonyl (C=O) groups is 2. The van der Waals surface area contributed by atoms with Crippen LogP contribution in [0.3, 0.4) is 0 Å². The highest BCUT2D eigenvalue weighted by Crippen LogP contribution is 2.37. The lowest BCUT2D eigenvalue weighted by atomic mass is 9.88. The zero-order chi connectivity index (χ0) is 26.8. The molecule has 1 aliphatic carbocycles. The van der Waals surface area contributed by atoms with Crippen molar-refractivity contribution in [3.05, 3.63) is 71.6 Å². The zero-order valence-electron chi connectivity index (χ0n) is 20.9. The number of hydrogen-bond acceptors (Lipinski definition) is 6. The molecule has 1 saturated carbocycles. The van der Waals surface area contributed by atoms with E-state index in [1.807, 2.05) is 6.07 Å². The van der Waals surface area contributed by atoms with Gasteiger partial charge in [0.2, 0.25) is 5.90 Å². The van der Waals surface area contributed by atoms with Crippen molar-refractivity contribution in [2.24, 2.45) is 16.8 Å². The van der Waals surface area contributed by atoms with Gasteiger partial charge in [-0.3, -0.25) is 10.1 Å². The number of fused-ring (bicyclic) bond motifs is 1. The Morgan fingerprint density at radius 1 is 1.18 bits per heavy atom. The average molecular weight is 527 g/mol. The Morgan fingerprint density at radius 3 is 2.63 bits per heavy atom. The molecule has 0 amide bonds. The average Bonchev–Trinajstić information content (AvgIpc) is 3.72. The minimum atomic E-state index is -2.91. The Bertz CT molecular complexity index is 1260. The normalized spacial score (nSPS) is 23.7. The maximum atomic E-state index is 14.9. The van der Waals surface area contributed by atoms with E-state index in [1.54, 1.807) is 43.3 Å². The molecule has 0 radical (unpaired) electrons. The van der Waals surface area contributed by atoms with Crippen LogP contribution in [0.1, 0.15) is 50.5 Å². The fourth-order valence-electron chi connectivity index (χ4n) is 4.93. The summed E-state index contributed by atoms with van der Waals surface area (Å²) in [5, 5.41) is 2.56. The summed E-state index contributed by atoms with van der Waals surface area (Å²) in [6.45, 7) is 1.55. The lowest BCUT2D eigenvalue weighted by Crippen LogP contribution is -2.56. The van der Waals surface area contributed by atoms with Gasteiger partial charge in [-0.2, -0.15) is 0 Å². The van der Waals surface area contributed by atoms with Gasteiger partial charge in [0.15, 0.2) is 12.4 Å². The van der Waals surface area contributed by atoms with E-state index in [0.29, 0.717) is 34.6 Å². The quantitative estimate of drug-likeness (QED) is 0.444. The summed E-state index contributed by atoms with van der Waals surface area (Å²) >= 11 is 0. The van der Waals surface area contributed by atoms with E-state index >= 15 is 0 Å². The van der Waals surface area contributed by atoms with E-state index in [9.17, 15) is 22.8 Å². The van der Waals surface area contributed by atoms with Crippen LogP contribution >= 0.6 is 0 Å². The first-order valence-electron chi connectivity index (χ1n) is 12.9. The second-order valence-electron chi connectivity index (χ2n) is 10.1. The van der Waals surface area contributed by atoms with Crippen molar-refractivity contribution < 1.29 is 32.2 Å². The highest BCUT2D eigenvalue weighted by Gasteiger charge is 2.45. The van der Waals surface area contributed by atoms with E-state index in [-0.39, 0.29) is 5.90 Å². The molecule has 0 saturated heterocycles. The van der Waals surface area contributed by atoms with Crippen molar-refractivity contribution in [1.82, 2.24) is 5.32 Å². The van der Waals surface area contributed by atoms with Gasteiger partial charge in [-0.05, 0) is 48.4 Å². The van der Waals surface area contributed by atoms with Crippen molar-refractivity contribution in [2.75, 3.05) is 0 Å². The summed E-state index contributed by atoms with van der Waals surface area (Å²) in [6.07, 6.45) is 0.343. The SMILES string of the molecule is CC(C(=O)OC1=NC(C(F)F)NC2OC(=O)C=C(CCCC3CC3)C12)c1ccc(-c2ccccc2)c(F)c1. The number of ether oxygens (including phenoxy) is 2. The van der Waals surface area contributed by atoms with Gasteiger partial charge in [0.05, 0.1) is 5.92 Å². The molecule has 0 spiro atoms. The summed E-state index contributed by atoms with van der Waals surface area (Å²) in [7, 11) is 0. The minimum absolute atomic E-state index is 0.220. The predicted molar refractivity (Wildman–Crippen MR) is 135 cm³/mol. The van der Waals surface area contributed by atoms with Crippen molar-refractivity contribution in [2.45, 2.75) is 63.8 Å². The van der Waals surface area contributed by atoms with E-state index in [2.05, 4.69) is 10.3 Å². The fourth-order valence-corrected chi connectivity index (χ4v) is 4.93. The number of carbonyl (C=O) groups excluding carboxylic acids is 2. The molecular weight excluding hydrogens is 497 g/mol. The Morgan fingerprint density at radius 2 is 1.95 bits per heavy atom. The maximum Gasteiger partial charge on any atom is 0.332 e. The minimum Gasteiger partial charge on any atom is -0.442 e. The van der Waals surface area contributed by atoms with Gasteiger partial charge in [-0.25, -0.2) is 23.0 Å². The first kappa shape index (κ1) is 26.2. The molecule has 200 valence electrons. The number of hydrogen-bond donors (Lipinski definition) is 1. The monoisotopic (exact) mass is 526 g/mol. The Kier molecular flexibility index (Phi) is 7.65. The van der Waals surface area contributed by atoms with Crippen LogP contribution in [0.15, 0.2) is 65.2 Å². The number of halogens is 3. The third kappa shape index (κ3) is 5.83. The number of aliphatic imine (C=N–C) groups is 1. The first-order valence-corrected chi connectivity index (χ1v) is 12.9. The molecule has 2 heterocycles. The van der Waals surface area contributed by atoms with E-state index in [4.69, 9.17) is 9.47 Å². The van der Waals surface area contributed by atoms with Crippen molar-refractivity contribution in [3.63, 3.8) is 0 Å². The number of rotatable bonds is 8. The van der Waals surface area contributed by atoms with Crippen LogP contribution < -0.4 is 5.32 Å². The van der Waals surface area contributed by atoms with E-state index < -0.39 is 48.4 Å². The largest absolute Gasteiger partial charge is 0.442 e. The second-order valence-corrected chi connectivity index (χ2v) is 10.1. The summed E-state index contributed by atoms with van der Waals surface area (Å²) in [5.41, 5.74) is 2.10. The molecule has 5 rings (SSSR count). The van der Waals surface area contributed by atoms with Gasteiger partial charge >= 0.3 is 11.9 Å². The fraction of sp³-hybridized carbons (Fsp3) is 0.414. The Hall–Kier alpha value is -3.46. The molecule has 1 fully saturated rings. The van der Waals surface area contributed by atoms with E-state index in [1.165, 1.54) is 25.0 Å². The highest BCUT2D eigenvalue weighted by atomic mass is 19.3. The summed E-state index contributed by atoms with van der Waals surface area (Å²) in [6, 6.07) is 13.5. The predicted octanol–water partition coefficient (Wildman–Crippen LogP) is 5.74. The van der Waals surface area contributed by atoms with Crippen LogP contribution in [0, 0.1) is 17.7 Å². The van der Waals surface area contributed by atoms with Crippen LogP contribution in [-0.4, -0.2) is 36.7 Å². The maximum absolute atomic E-state index is 14.9. The lowest BCUT2D eigenvalue weighted by Gasteiger charge is -2.38. The van der Waals surface area contributed by atoms with Gasteiger partial charge in [-0.15, -0.1) is 0 Å². The van der Waals surface area contributed by atoms with Crippen molar-refractivity contribution in [3.8, 4) is 11.1 Å².